The van der Waals surface area contributed by atoms with Gasteiger partial charge in [-0.15, -0.1) is 0 Å². The zero-order valence-electron chi connectivity index (χ0n) is 20.0. The van der Waals surface area contributed by atoms with Gasteiger partial charge in [-0.2, -0.15) is 0 Å². The molecule has 0 bridgehead atoms. The van der Waals surface area contributed by atoms with E-state index in [1.54, 1.807) is 0 Å². The molecule has 0 aliphatic rings. The first-order chi connectivity index (χ1) is 16.6. The Morgan fingerprint density at radius 3 is 0.765 bits per heavy atom. The largest absolute Gasteiger partial charge is 0.399 e. The van der Waals surface area contributed by atoms with Crippen LogP contribution >= 0.6 is 0 Å². The maximum absolute atomic E-state index is 5.77. The van der Waals surface area contributed by atoms with E-state index < -0.39 is 0 Å². The highest BCUT2D eigenvalue weighted by Crippen LogP contribution is 2.15. The van der Waals surface area contributed by atoms with E-state index in [2.05, 4.69) is 72.8 Å². The number of nitrogens with two attached hydrogens (primary N) is 2. The second-order valence-electron chi connectivity index (χ2n) is 9.32. The van der Waals surface area contributed by atoms with Crippen molar-refractivity contribution in [2.75, 3.05) is 11.5 Å². The average Bonchev–Trinajstić information content (AvgIpc) is 2.87. The van der Waals surface area contributed by atoms with Gasteiger partial charge in [-0.1, -0.05) is 72.8 Å². The van der Waals surface area contributed by atoms with Gasteiger partial charge in [0, 0.05) is 11.4 Å². The molecule has 2 nitrogen and oxygen atoms in total. The van der Waals surface area contributed by atoms with Crippen LogP contribution in [0.5, 0.6) is 0 Å². The first kappa shape index (κ1) is 23.6. The first-order valence-electron chi connectivity index (χ1n) is 12.5. The van der Waals surface area contributed by atoms with Crippen LogP contribution in [0.15, 0.2) is 97.1 Å². The van der Waals surface area contributed by atoms with Crippen LogP contribution in [0.1, 0.15) is 46.2 Å². The summed E-state index contributed by atoms with van der Waals surface area (Å²) in [6.45, 7) is 0. The molecule has 4 N–H and O–H groups in total. The summed E-state index contributed by atoms with van der Waals surface area (Å²) in [6.07, 6.45) is 9.00. The molecule has 0 aromatic heterocycles. The summed E-state index contributed by atoms with van der Waals surface area (Å²) in [5, 5.41) is 0. The molecule has 4 rings (SSSR count). The number of aryl methyl sites for hydroxylation is 6. The normalized spacial score (nSPS) is 10.9. The van der Waals surface area contributed by atoms with Crippen LogP contribution in [0.25, 0.3) is 0 Å². The van der Waals surface area contributed by atoms with E-state index in [9.17, 15) is 0 Å². The van der Waals surface area contributed by atoms with E-state index in [1.807, 2.05) is 24.3 Å². The second kappa shape index (κ2) is 12.1. The Balaban J connectivity index is 1.14. The zero-order valence-corrected chi connectivity index (χ0v) is 20.0. The van der Waals surface area contributed by atoms with E-state index in [1.165, 1.54) is 46.2 Å². The summed E-state index contributed by atoms with van der Waals surface area (Å²) in [7, 11) is 0. The number of unbranched alkanes of at least 4 members (excludes halogenated alkanes) is 1. The average molecular weight is 449 g/mol. The number of benzene rings is 4. The molecule has 0 aliphatic carbocycles. The van der Waals surface area contributed by atoms with Crippen molar-refractivity contribution in [2.24, 2.45) is 0 Å². The van der Waals surface area contributed by atoms with Crippen LogP contribution in [0, 0.1) is 0 Å². The van der Waals surface area contributed by atoms with Gasteiger partial charge >= 0.3 is 0 Å². The Bertz CT molecular complexity index is 1030. The van der Waals surface area contributed by atoms with Gasteiger partial charge < -0.3 is 11.5 Å². The number of rotatable bonds is 11. The first-order valence-corrected chi connectivity index (χ1v) is 12.5. The van der Waals surface area contributed by atoms with Gasteiger partial charge in [0.2, 0.25) is 0 Å². The van der Waals surface area contributed by atoms with Crippen molar-refractivity contribution in [3.63, 3.8) is 0 Å². The molecule has 0 saturated heterocycles. The van der Waals surface area contributed by atoms with Gasteiger partial charge in [0.15, 0.2) is 0 Å². The molecule has 0 heterocycles. The molecule has 0 radical (unpaired) electrons. The molecule has 0 spiro atoms. The predicted molar refractivity (Wildman–Crippen MR) is 146 cm³/mol. The van der Waals surface area contributed by atoms with Crippen LogP contribution < -0.4 is 11.5 Å². The molecule has 0 fully saturated rings. The van der Waals surface area contributed by atoms with Crippen LogP contribution in [0.3, 0.4) is 0 Å². The van der Waals surface area contributed by atoms with E-state index in [0.29, 0.717) is 0 Å². The van der Waals surface area contributed by atoms with Crippen molar-refractivity contribution < 1.29 is 0 Å². The highest BCUT2D eigenvalue weighted by atomic mass is 14.5. The Morgan fingerprint density at radius 1 is 0.294 bits per heavy atom. The molecular formula is C32H36N2. The SMILES string of the molecule is Nc1ccc(CCc2ccc(CCCCc3ccc(CCc4ccc(N)cc4)cc3)cc2)cc1. The molecule has 4 aromatic rings. The van der Waals surface area contributed by atoms with Crippen molar-refractivity contribution >= 4 is 11.4 Å². The molecule has 4 aromatic carbocycles. The highest BCUT2D eigenvalue weighted by Gasteiger charge is 2.01. The number of hydrogen-bond donors (Lipinski definition) is 2. The number of anilines is 2. The highest BCUT2D eigenvalue weighted by molar-refractivity contribution is 5.40. The molecule has 0 aliphatic heterocycles. The quantitative estimate of drug-likeness (QED) is 0.192. The summed E-state index contributed by atoms with van der Waals surface area (Å²) < 4.78 is 0. The van der Waals surface area contributed by atoms with Crippen molar-refractivity contribution in [3.8, 4) is 0 Å². The maximum atomic E-state index is 5.77. The minimum Gasteiger partial charge on any atom is -0.399 e. The summed E-state index contributed by atoms with van der Waals surface area (Å²) in [6, 6.07) is 34.8. The number of hydrogen-bond acceptors (Lipinski definition) is 2. The van der Waals surface area contributed by atoms with Crippen LogP contribution in [0.2, 0.25) is 0 Å². The minimum atomic E-state index is 0.829. The fourth-order valence-corrected chi connectivity index (χ4v) is 4.35. The summed E-state index contributed by atoms with van der Waals surface area (Å²) in [5.41, 5.74) is 21.6. The van der Waals surface area contributed by atoms with Crippen LogP contribution in [-0.2, 0) is 38.5 Å². The van der Waals surface area contributed by atoms with Crippen molar-refractivity contribution in [2.45, 2.75) is 51.4 Å². The summed E-state index contributed by atoms with van der Waals surface area (Å²) in [5.74, 6) is 0. The molecule has 34 heavy (non-hydrogen) atoms. The topological polar surface area (TPSA) is 52.0 Å². The van der Waals surface area contributed by atoms with Crippen molar-refractivity contribution in [1.82, 2.24) is 0 Å². The van der Waals surface area contributed by atoms with Crippen LogP contribution in [-0.4, -0.2) is 0 Å². The summed E-state index contributed by atoms with van der Waals surface area (Å²) >= 11 is 0. The molecule has 174 valence electrons. The molecule has 0 unspecified atom stereocenters. The molecule has 2 heteroatoms. The van der Waals surface area contributed by atoms with E-state index in [4.69, 9.17) is 11.5 Å². The lowest BCUT2D eigenvalue weighted by atomic mass is 9.99. The molecule has 0 atom stereocenters. The zero-order chi connectivity index (χ0) is 23.6. The lowest BCUT2D eigenvalue weighted by Crippen LogP contribution is -1.94. The van der Waals surface area contributed by atoms with Gasteiger partial charge in [-0.25, -0.2) is 0 Å². The lowest BCUT2D eigenvalue weighted by Gasteiger charge is -2.07. The fourth-order valence-electron chi connectivity index (χ4n) is 4.35. The Kier molecular flexibility index (Phi) is 8.40. The van der Waals surface area contributed by atoms with Gasteiger partial charge in [0.1, 0.15) is 0 Å². The van der Waals surface area contributed by atoms with Gasteiger partial charge in [0.05, 0.1) is 0 Å². The standard InChI is InChI=1S/C32H36N2/c33-31-21-17-29(18-22-31)15-13-27-9-5-25(6-10-27)3-1-2-4-26-7-11-28(12-8-26)14-16-30-19-23-32(34)24-20-30/h5-12,17-24H,1-4,13-16,33-34H2. The van der Waals surface area contributed by atoms with E-state index in [-0.39, 0.29) is 0 Å². The Hall–Kier alpha value is -3.52. The molecular weight excluding hydrogens is 412 g/mol. The van der Waals surface area contributed by atoms with Gasteiger partial charge in [-0.3, -0.25) is 0 Å². The third-order valence-corrected chi connectivity index (χ3v) is 6.59. The predicted octanol–water partition coefficient (Wildman–Crippen LogP) is 6.99. The molecule has 0 saturated carbocycles. The maximum Gasteiger partial charge on any atom is 0.0314 e. The van der Waals surface area contributed by atoms with E-state index >= 15 is 0 Å². The minimum absolute atomic E-state index is 0.829. The van der Waals surface area contributed by atoms with Gasteiger partial charge in [-0.05, 0) is 109 Å². The monoisotopic (exact) mass is 448 g/mol. The second-order valence-corrected chi connectivity index (χ2v) is 9.32. The van der Waals surface area contributed by atoms with Crippen LogP contribution in [0.4, 0.5) is 11.4 Å². The molecule has 0 amide bonds. The lowest BCUT2D eigenvalue weighted by molar-refractivity contribution is 0.733. The Morgan fingerprint density at radius 2 is 0.500 bits per heavy atom. The third-order valence-electron chi connectivity index (χ3n) is 6.59. The van der Waals surface area contributed by atoms with Crippen molar-refractivity contribution in [1.29, 1.82) is 0 Å². The Labute approximate surface area is 204 Å². The smallest absolute Gasteiger partial charge is 0.0314 e. The van der Waals surface area contributed by atoms with E-state index in [0.717, 1.165) is 49.9 Å². The van der Waals surface area contributed by atoms with Crippen molar-refractivity contribution in [3.05, 3.63) is 130 Å². The van der Waals surface area contributed by atoms with Gasteiger partial charge in [0.25, 0.3) is 0 Å². The summed E-state index contributed by atoms with van der Waals surface area (Å²) in [4.78, 5) is 0. The fraction of sp³-hybridized carbons (Fsp3) is 0.250. The number of nitrogen functional groups attached to an aromatic ring is 2. The third kappa shape index (κ3) is 7.52.